The molecule has 0 saturated heterocycles. The third-order valence-electron chi connectivity index (χ3n) is 5.95. The Morgan fingerprint density at radius 1 is 1.00 bits per heavy atom. The Morgan fingerprint density at radius 3 is 2.36 bits per heavy atom. The van der Waals surface area contributed by atoms with Gasteiger partial charge in [0.05, 0.1) is 19.4 Å². The molecule has 0 aliphatic carbocycles. The van der Waals surface area contributed by atoms with E-state index < -0.39 is 11.2 Å². The van der Waals surface area contributed by atoms with Crippen molar-refractivity contribution >= 4 is 46.1 Å². The molecule has 3 aromatic heterocycles. The van der Waals surface area contributed by atoms with Gasteiger partial charge in [0.25, 0.3) is 5.56 Å². The lowest BCUT2D eigenvalue weighted by Crippen LogP contribution is -2.37. The molecule has 184 valence electrons. The minimum atomic E-state index is -0.475. The lowest BCUT2D eigenvalue weighted by Gasteiger charge is -2.08. The second-order valence-corrected chi connectivity index (χ2v) is 9.53. The van der Waals surface area contributed by atoms with Gasteiger partial charge >= 0.3 is 5.69 Å². The van der Waals surface area contributed by atoms with Crippen molar-refractivity contribution < 1.29 is 9.53 Å². The zero-order chi connectivity index (χ0) is 25.6. The maximum Gasteiger partial charge on any atom is 0.332 e. The average molecular weight is 525 g/mol. The van der Waals surface area contributed by atoms with Crippen LogP contribution in [0.25, 0.3) is 16.9 Å². The number of hydrogen-bond donors (Lipinski definition) is 0. The Labute approximate surface area is 213 Å². The maximum atomic E-state index is 13.2. The van der Waals surface area contributed by atoms with Crippen LogP contribution in [0.3, 0.4) is 0 Å². The minimum absolute atomic E-state index is 0.0930. The topological polar surface area (TPSA) is 105 Å². The van der Waals surface area contributed by atoms with Crippen LogP contribution in [-0.4, -0.2) is 46.9 Å². The van der Waals surface area contributed by atoms with E-state index in [0.29, 0.717) is 45.0 Å². The number of carbonyl (C=O) groups is 1. The summed E-state index contributed by atoms with van der Waals surface area (Å²) in [7, 11) is 4.59. The fraction of sp³-hybridized carbons (Fsp3) is 0.208. The van der Waals surface area contributed by atoms with Crippen molar-refractivity contribution in [1.82, 2.24) is 28.3 Å². The number of thioether (sulfide) groups is 1. The molecule has 5 rings (SSSR count). The maximum absolute atomic E-state index is 13.2. The fourth-order valence-corrected chi connectivity index (χ4v) is 4.98. The van der Waals surface area contributed by atoms with Gasteiger partial charge in [-0.25, -0.2) is 9.20 Å². The van der Waals surface area contributed by atoms with E-state index >= 15 is 0 Å². The zero-order valence-electron chi connectivity index (χ0n) is 19.6. The molecule has 0 atom stereocenters. The predicted molar refractivity (Wildman–Crippen MR) is 138 cm³/mol. The number of hydrogen-bond acceptors (Lipinski definition) is 7. The first-order chi connectivity index (χ1) is 17.3. The molecule has 5 aromatic rings. The van der Waals surface area contributed by atoms with Gasteiger partial charge in [-0.05, 0) is 42.0 Å². The quantitative estimate of drug-likeness (QED) is 0.238. The van der Waals surface area contributed by atoms with Crippen molar-refractivity contribution in [2.75, 3.05) is 12.9 Å². The Kier molecular flexibility index (Phi) is 6.19. The molecule has 2 aromatic carbocycles. The van der Waals surface area contributed by atoms with E-state index in [2.05, 4.69) is 10.2 Å². The molecule has 0 unspecified atom stereocenters. The molecule has 0 aliphatic heterocycles. The molecule has 0 fully saturated rings. The first kappa shape index (κ1) is 23.9. The van der Waals surface area contributed by atoms with Crippen LogP contribution in [0.4, 0.5) is 0 Å². The Balaban J connectivity index is 1.60. The number of benzene rings is 2. The highest BCUT2D eigenvalue weighted by Gasteiger charge is 2.24. The van der Waals surface area contributed by atoms with Gasteiger partial charge in [-0.3, -0.25) is 23.3 Å². The summed E-state index contributed by atoms with van der Waals surface area (Å²) in [6.45, 7) is 0.311. The number of Topliss-reactive ketones (excluding diaryl/α,β-unsaturated/α-hetero) is 1. The van der Waals surface area contributed by atoms with Crippen molar-refractivity contribution in [2.24, 2.45) is 14.1 Å². The zero-order valence-corrected chi connectivity index (χ0v) is 21.2. The second kappa shape index (κ2) is 9.32. The normalized spacial score (nSPS) is 11.4. The summed E-state index contributed by atoms with van der Waals surface area (Å²) in [6.07, 6.45) is 0. The average Bonchev–Trinajstić information content (AvgIpc) is 3.44. The van der Waals surface area contributed by atoms with Crippen LogP contribution >= 0.6 is 23.4 Å². The number of carbonyl (C=O) groups excluding carboxylic acids is 1. The van der Waals surface area contributed by atoms with Gasteiger partial charge in [-0.15, -0.1) is 10.2 Å². The summed E-state index contributed by atoms with van der Waals surface area (Å²) in [5.74, 6) is 1.04. The molecular weight excluding hydrogens is 504 g/mol. The highest BCUT2D eigenvalue weighted by atomic mass is 35.5. The number of aromatic nitrogens is 6. The van der Waals surface area contributed by atoms with Crippen LogP contribution in [0.15, 0.2) is 63.3 Å². The van der Waals surface area contributed by atoms with Gasteiger partial charge in [0, 0.05) is 24.7 Å². The van der Waals surface area contributed by atoms with Gasteiger partial charge in [0.2, 0.25) is 5.78 Å². The second-order valence-electron chi connectivity index (χ2n) is 8.15. The number of rotatable bonds is 7. The van der Waals surface area contributed by atoms with Crippen molar-refractivity contribution in [3.63, 3.8) is 0 Å². The number of fused-ring (bicyclic) bond motifs is 3. The summed E-state index contributed by atoms with van der Waals surface area (Å²) in [5.41, 5.74) is 1.17. The number of ether oxygens (including phenoxy) is 1. The molecule has 10 nitrogen and oxygen atoms in total. The van der Waals surface area contributed by atoms with Crippen LogP contribution < -0.4 is 16.0 Å². The summed E-state index contributed by atoms with van der Waals surface area (Å²) >= 11 is 7.21. The minimum Gasteiger partial charge on any atom is -0.497 e. The van der Waals surface area contributed by atoms with Crippen molar-refractivity contribution in [3.05, 3.63) is 85.5 Å². The van der Waals surface area contributed by atoms with E-state index in [1.807, 2.05) is 12.1 Å². The highest BCUT2D eigenvalue weighted by Crippen LogP contribution is 2.25. The molecule has 0 spiro atoms. The molecule has 0 radical (unpaired) electrons. The third-order valence-corrected chi connectivity index (χ3v) is 7.13. The van der Waals surface area contributed by atoms with E-state index in [4.69, 9.17) is 16.3 Å². The first-order valence-corrected chi connectivity index (χ1v) is 12.2. The van der Waals surface area contributed by atoms with Gasteiger partial charge in [0.15, 0.2) is 22.1 Å². The molecule has 3 heterocycles. The Hall–Kier alpha value is -3.83. The number of halogens is 1. The summed E-state index contributed by atoms with van der Waals surface area (Å²) in [5, 5.41) is 9.59. The molecule has 0 aliphatic rings. The van der Waals surface area contributed by atoms with Crippen molar-refractivity contribution in [2.45, 2.75) is 11.7 Å². The smallest absolute Gasteiger partial charge is 0.332 e. The molecule has 0 saturated carbocycles. The summed E-state index contributed by atoms with van der Waals surface area (Å²) in [4.78, 5) is 38.8. The standard InChI is InChI=1S/C24H21ClN6O4S/c1-28-20-19(21(33)29(2)24(28)34)30(12-14-4-8-16(25)9-5-14)22-26-27-23(31(20)22)36-13-18(32)15-6-10-17(35-3)11-7-15/h4-11H,12-13H2,1-3H3. The lowest BCUT2D eigenvalue weighted by atomic mass is 10.1. The molecule has 0 bridgehead atoms. The number of aryl methyl sites for hydroxylation is 1. The van der Waals surface area contributed by atoms with Crippen molar-refractivity contribution in [1.29, 1.82) is 0 Å². The third kappa shape index (κ3) is 3.99. The molecule has 0 amide bonds. The van der Waals surface area contributed by atoms with E-state index in [1.54, 1.807) is 59.5 Å². The number of imidazole rings is 1. The fourth-order valence-electron chi connectivity index (χ4n) is 4.04. The number of nitrogens with zero attached hydrogens (tertiary/aromatic N) is 6. The van der Waals surface area contributed by atoms with Gasteiger partial charge < -0.3 is 4.74 Å². The van der Waals surface area contributed by atoms with Crippen LogP contribution in [-0.2, 0) is 20.6 Å². The van der Waals surface area contributed by atoms with Gasteiger partial charge in [0.1, 0.15) is 5.75 Å². The summed E-state index contributed by atoms with van der Waals surface area (Å²) < 4.78 is 11.0. The molecule has 36 heavy (non-hydrogen) atoms. The van der Waals surface area contributed by atoms with Crippen LogP contribution in [0, 0.1) is 0 Å². The summed E-state index contributed by atoms with van der Waals surface area (Å²) in [6, 6.07) is 14.1. The van der Waals surface area contributed by atoms with Gasteiger partial charge in [-0.1, -0.05) is 35.5 Å². The Bertz CT molecular complexity index is 1730. The van der Waals surface area contributed by atoms with Crippen molar-refractivity contribution in [3.8, 4) is 5.75 Å². The van der Waals surface area contributed by atoms with E-state index in [9.17, 15) is 14.4 Å². The number of methoxy groups -OCH3 is 1. The lowest BCUT2D eigenvalue weighted by molar-refractivity contribution is 0.102. The van der Waals surface area contributed by atoms with E-state index in [-0.39, 0.29) is 11.5 Å². The van der Waals surface area contributed by atoms with E-state index in [1.165, 1.54) is 23.4 Å². The van der Waals surface area contributed by atoms with Gasteiger partial charge in [-0.2, -0.15) is 0 Å². The first-order valence-electron chi connectivity index (χ1n) is 10.9. The SMILES string of the molecule is COc1ccc(C(=O)CSc2nnc3n(Cc4ccc(Cl)cc4)c4c(=O)n(C)c(=O)n(C)c4n23)cc1. The van der Waals surface area contributed by atoms with Crippen LogP contribution in [0.5, 0.6) is 5.75 Å². The molecule has 0 N–H and O–H groups in total. The predicted octanol–water partition coefficient (Wildman–Crippen LogP) is 2.77. The largest absolute Gasteiger partial charge is 0.497 e. The number of ketones is 1. The molecular formula is C24H21ClN6O4S. The van der Waals surface area contributed by atoms with E-state index in [0.717, 1.165) is 10.1 Å². The molecule has 12 heteroatoms. The van der Waals surface area contributed by atoms with Crippen LogP contribution in [0.1, 0.15) is 15.9 Å². The highest BCUT2D eigenvalue weighted by molar-refractivity contribution is 7.99. The Morgan fingerprint density at radius 2 is 1.69 bits per heavy atom. The monoisotopic (exact) mass is 524 g/mol. The van der Waals surface area contributed by atoms with Crippen LogP contribution in [0.2, 0.25) is 5.02 Å².